The van der Waals surface area contributed by atoms with Crippen LogP contribution in [0.25, 0.3) is 0 Å². The topological polar surface area (TPSA) is 84.1 Å². The molecule has 1 rings (SSSR count). The van der Waals surface area contributed by atoms with Crippen molar-refractivity contribution in [1.82, 2.24) is 14.9 Å². The molecule has 0 bridgehead atoms. The summed E-state index contributed by atoms with van der Waals surface area (Å²) in [5.41, 5.74) is 0.538. The molecule has 0 amide bonds. The lowest BCUT2D eigenvalue weighted by Crippen LogP contribution is -2.26. The molecule has 0 spiro atoms. The van der Waals surface area contributed by atoms with Crippen LogP contribution in [0.5, 0.6) is 0 Å². The molecule has 0 saturated heterocycles. The number of aromatic amines is 1. The van der Waals surface area contributed by atoms with Crippen LogP contribution in [0, 0.1) is 6.92 Å². The van der Waals surface area contributed by atoms with Crippen LogP contribution in [0.4, 0.5) is 0 Å². The van der Waals surface area contributed by atoms with Gasteiger partial charge in [-0.15, -0.1) is 0 Å². The molecule has 0 fully saturated rings. The van der Waals surface area contributed by atoms with Crippen molar-refractivity contribution in [2.24, 2.45) is 0 Å². The van der Waals surface area contributed by atoms with E-state index in [0.29, 0.717) is 25.3 Å². The van der Waals surface area contributed by atoms with Gasteiger partial charge in [-0.25, -0.2) is 13.1 Å². The molecule has 0 aliphatic rings. The number of nitrogens with zero attached hydrogens (tertiary/aromatic N) is 1. The van der Waals surface area contributed by atoms with Crippen LogP contribution in [-0.2, 0) is 14.8 Å². The number of rotatable bonds is 7. The van der Waals surface area contributed by atoms with Crippen molar-refractivity contribution in [3.8, 4) is 0 Å². The molecule has 2 N–H and O–H groups in total. The van der Waals surface area contributed by atoms with E-state index in [1.807, 2.05) is 13.8 Å². The smallest absolute Gasteiger partial charge is 0.243 e. The summed E-state index contributed by atoms with van der Waals surface area (Å²) in [4.78, 5) is 0.197. The Hall–Kier alpha value is -0.920. The van der Waals surface area contributed by atoms with Crippen molar-refractivity contribution in [2.75, 3.05) is 13.2 Å². The summed E-state index contributed by atoms with van der Waals surface area (Å²) < 4.78 is 31.4. The molecule has 0 aliphatic heterocycles. The molecule has 1 aromatic rings. The van der Waals surface area contributed by atoms with E-state index in [4.69, 9.17) is 4.74 Å². The van der Waals surface area contributed by atoms with Crippen LogP contribution in [0.15, 0.2) is 11.1 Å². The number of hydrogen-bond donors (Lipinski definition) is 2. The molecule has 0 saturated carbocycles. The first kappa shape index (κ1) is 14.1. The van der Waals surface area contributed by atoms with E-state index in [9.17, 15) is 8.42 Å². The molecule has 1 heterocycles. The Morgan fingerprint density at radius 3 is 2.76 bits per heavy atom. The Bertz CT molecular complexity index is 439. The maximum absolute atomic E-state index is 11.8. The summed E-state index contributed by atoms with van der Waals surface area (Å²) in [5, 5.41) is 6.28. The van der Waals surface area contributed by atoms with Crippen LogP contribution in [-0.4, -0.2) is 37.9 Å². The van der Waals surface area contributed by atoms with E-state index in [-0.39, 0.29) is 11.0 Å². The quantitative estimate of drug-likeness (QED) is 0.711. The maximum Gasteiger partial charge on any atom is 0.243 e. The van der Waals surface area contributed by atoms with Crippen molar-refractivity contribution >= 4 is 10.0 Å². The minimum absolute atomic E-state index is 0.169. The van der Waals surface area contributed by atoms with E-state index in [0.717, 1.165) is 0 Å². The lowest BCUT2D eigenvalue weighted by atomic mass is 10.4. The van der Waals surface area contributed by atoms with Gasteiger partial charge in [0.15, 0.2) is 0 Å². The van der Waals surface area contributed by atoms with Crippen LogP contribution in [0.2, 0.25) is 0 Å². The van der Waals surface area contributed by atoms with Gasteiger partial charge in [-0.1, -0.05) is 0 Å². The predicted octanol–water partition coefficient (Wildman–Crippen LogP) is 0.812. The number of sulfonamides is 1. The lowest BCUT2D eigenvalue weighted by molar-refractivity contribution is 0.0778. The van der Waals surface area contributed by atoms with Gasteiger partial charge >= 0.3 is 0 Å². The minimum Gasteiger partial charge on any atom is -0.379 e. The maximum atomic E-state index is 11.8. The van der Waals surface area contributed by atoms with Gasteiger partial charge in [0.2, 0.25) is 10.0 Å². The van der Waals surface area contributed by atoms with E-state index < -0.39 is 10.0 Å². The molecule has 6 nitrogen and oxygen atoms in total. The van der Waals surface area contributed by atoms with Crippen molar-refractivity contribution in [3.05, 3.63) is 11.9 Å². The molecule has 17 heavy (non-hydrogen) atoms. The molecule has 0 radical (unpaired) electrons. The van der Waals surface area contributed by atoms with E-state index in [2.05, 4.69) is 14.9 Å². The zero-order chi connectivity index (χ0) is 12.9. The van der Waals surface area contributed by atoms with Crippen molar-refractivity contribution in [3.63, 3.8) is 0 Å². The van der Waals surface area contributed by atoms with Gasteiger partial charge in [-0.05, 0) is 27.2 Å². The summed E-state index contributed by atoms with van der Waals surface area (Å²) >= 11 is 0. The molecule has 0 unspecified atom stereocenters. The van der Waals surface area contributed by atoms with Crippen molar-refractivity contribution in [1.29, 1.82) is 0 Å². The van der Waals surface area contributed by atoms with Gasteiger partial charge in [-0.2, -0.15) is 5.10 Å². The number of nitrogens with one attached hydrogen (secondary N) is 2. The zero-order valence-corrected chi connectivity index (χ0v) is 11.2. The van der Waals surface area contributed by atoms with E-state index in [1.165, 1.54) is 6.20 Å². The minimum atomic E-state index is -3.45. The van der Waals surface area contributed by atoms with E-state index in [1.54, 1.807) is 6.92 Å². The summed E-state index contributed by atoms with van der Waals surface area (Å²) in [7, 11) is -3.45. The molecule has 0 aromatic carbocycles. The van der Waals surface area contributed by atoms with Crippen LogP contribution in [0.1, 0.15) is 26.0 Å². The third-order valence-corrected chi connectivity index (χ3v) is 3.71. The zero-order valence-electron chi connectivity index (χ0n) is 10.4. The van der Waals surface area contributed by atoms with E-state index >= 15 is 0 Å². The first-order valence-electron chi connectivity index (χ1n) is 5.54. The van der Waals surface area contributed by atoms with Crippen LogP contribution < -0.4 is 4.72 Å². The number of ether oxygens (including phenoxy) is 1. The van der Waals surface area contributed by atoms with Gasteiger partial charge < -0.3 is 4.74 Å². The molecule has 0 aliphatic carbocycles. The lowest BCUT2D eigenvalue weighted by Gasteiger charge is -2.08. The molecule has 98 valence electrons. The number of H-pyrrole nitrogens is 1. The van der Waals surface area contributed by atoms with Crippen molar-refractivity contribution < 1.29 is 13.2 Å². The predicted molar refractivity (Wildman–Crippen MR) is 64.2 cm³/mol. The Labute approximate surface area is 102 Å². The number of hydrogen-bond acceptors (Lipinski definition) is 4. The van der Waals surface area contributed by atoms with Crippen molar-refractivity contribution in [2.45, 2.75) is 38.2 Å². The molecule has 1 aromatic heterocycles. The van der Waals surface area contributed by atoms with Gasteiger partial charge in [0, 0.05) is 13.2 Å². The third kappa shape index (κ3) is 4.45. The second kappa shape index (κ2) is 6.13. The summed E-state index contributed by atoms with van der Waals surface area (Å²) in [6.07, 6.45) is 2.12. The Kier molecular flexibility index (Phi) is 5.10. The van der Waals surface area contributed by atoms with Gasteiger partial charge in [0.25, 0.3) is 0 Å². The van der Waals surface area contributed by atoms with Gasteiger partial charge in [0.1, 0.15) is 4.90 Å². The average Bonchev–Trinajstić information content (AvgIpc) is 2.64. The molecular formula is C10H19N3O3S. The fourth-order valence-electron chi connectivity index (χ4n) is 1.29. The highest BCUT2D eigenvalue weighted by molar-refractivity contribution is 7.89. The number of aromatic nitrogens is 2. The first-order valence-corrected chi connectivity index (χ1v) is 7.03. The summed E-state index contributed by atoms with van der Waals surface area (Å²) in [6.45, 7) is 6.46. The monoisotopic (exact) mass is 261 g/mol. The largest absolute Gasteiger partial charge is 0.379 e. The standard InChI is InChI=1S/C10H19N3O3S/c1-8(2)16-6-4-5-12-17(14,15)10-7-11-13-9(10)3/h7-8,12H,4-6H2,1-3H3,(H,11,13). The van der Waals surface area contributed by atoms with Crippen LogP contribution in [0.3, 0.4) is 0 Å². The average molecular weight is 261 g/mol. The summed E-state index contributed by atoms with van der Waals surface area (Å²) in [5.74, 6) is 0. The first-order chi connectivity index (χ1) is 7.93. The third-order valence-electron chi connectivity index (χ3n) is 2.14. The molecule has 7 heteroatoms. The molecule has 0 atom stereocenters. The van der Waals surface area contributed by atoms with Crippen LogP contribution >= 0.6 is 0 Å². The second-order valence-corrected chi connectivity index (χ2v) is 5.77. The summed E-state index contributed by atoms with van der Waals surface area (Å²) in [6, 6.07) is 0. The second-order valence-electron chi connectivity index (χ2n) is 4.03. The fraction of sp³-hybridized carbons (Fsp3) is 0.700. The Morgan fingerprint density at radius 1 is 1.53 bits per heavy atom. The van der Waals surface area contributed by atoms with Gasteiger partial charge in [-0.3, -0.25) is 5.10 Å². The molecular weight excluding hydrogens is 242 g/mol. The Balaban J connectivity index is 2.39. The Morgan fingerprint density at radius 2 is 2.24 bits per heavy atom. The fourth-order valence-corrected chi connectivity index (χ4v) is 2.49. The van der Waals surface area contributed by atoms with Gasteiger partial charge in [0.05, 0.1) is 18.0 Å². The highest BCUT2D eigenvalue weighted by Crippen LogP contribution is 2.10. The number of aryl methyl sites for hydroxylation is 1. The highest BCUT2D eigenvalue weighted by Gasteiger charge is 2.17. The highest BCUT2D eigenvalue weighted by atomic mass is 32.2. The normalized spacial score (nSPS) is 12.2. The SMILES string of the molecule is Cc1[nH]ncc1S(=O)(=O)NCCCOC(C)C.